The summed E-state index contributed by atoms with van der Waals surface area (Å²) in [6.45, 7) is 0.950. The molecule has 1 N–H and O–H groups in total. The SMILES string of the molecule is CNC(=O)[C@H](C)N(Cc1ccc(Cl)c(Cl)c1)C(=O)CN(c1cc(Cl)ccc1OC)S(C)(=O)=O. The van der Waals surface area contributed by atoms with Crippen molar-refractivity contribution in [1.82, 2.24) is 10.2 Å². The van der Waals surface area contributed by atoms with Crippen molar-refractivity contribution >= 4 is 62.3 Å². The van der Waals surface area contributed by atoms with Crippen LogP contribution in [0, 0.1) is 0 Å². The molecule has 0 unspecified atom stereocenters. The summed E-state index contributed by atoms with van der Waals surface area (Å²) in [5.41, 5.74) is 0.711. The number of benzene rings is 2. The molecule has 2 amide bonds. The number of hydrogen-bond acceptors (Lipinski definition) is 5. The number of likely N-dealkylation sites (N-methyl/N-ethyl adjacent to an activating group) is 1. The molecule has 12 heteroatoms. The highest BCUT2D eigenvalue weighted by Gasteiger charge is 2.31. The molecule has 0 saturated heterocycles. The number of nitrogens with one attached hydrogen (secondary N) is 1. The molecule has 0 saturated carbocycles. The van der Waals surface area contributed by atoms with E-state index in [0.29, 0.717) is 10.6 Å². The van der Waals surface area contributed by atoms with Gasteiger partial charge >= 0.3 is 0 Å². The van der Waals surface area contributed by atoms with E-state index in [0.717, 1.165) is 10.6 Å². The Balaban J connectivity index is 2.47. The first-order valence-corrected chi connectivity index (χ1v) is 12.6. The maximum atomic E-state index is 13.4. The molecular weight excluding hydrogens is 513 g/mol. The topological polar surface area (TPSA) is 96.0 Å². The second kappa shape index (κ2) is 11.3. The van der Waals surface area contributed by atoms with Crippen LogP contribution in [0.5, 0.6) is 5.75 Å². The molecule has 33 heavy (non-hydrogen) atoms. The zero-order valence-corrected chi connectivity index (χ0v) is 21.5. The summed E-state index contributed by atoms with van der Waals surface area (Å²) in [6.07, 6.45) is 0.964. The molecule has 0 radical (unpaired) electrons. The normalized spacial score (nSPS) is 12.1. The summed E-state index contributed by atoms with van der Waals surface area (Å²) < 4.78 is 31.4. The molecule has 180 valence electrons. The van der Waals surface area contributed by atoms with Gasteiger partial charge < -0.3 is 15.0 Å². The Bertz CT molecular complexity index is 1140. The van der Waals surface area contributed by atoms with Crippen LogP contribution in [0.2, 0.25) is 15.1 Å². The van der Waals surface area contributed by atoms with Gasteiger partial charge in [-0.05, 0) is 42.8 Å². The lowest BCUT2D eigenvalue weighted by molar-refractivity contribution is -0.139. The monoisotopic (exact) mass is 535 g/mol. The van der Waals surface area contributed by atoms with Crippen LogP contribution in [0.4, 0.5) is 5.69 Å². The molecule has 0 fully saturated rings. The fourth-order valence-corrected chi connectivity index (χ4v) is 4.41. The van der Waals surface area contributed by atoms with Crippen molar-refractivity contribution in [3.05, 3.63) is 57.0 Å². The van der Waals surface area contributed by atoms with E-state index in [1.165, 1.54) is 37.3 Å². The van der Waals surface area contributed by atoms with Crippen LogP contribution in [-0.2, 0) is 26.2 Å². The average molecular weight is 537 g/mol. The summed E-state index contributed by atoms with van der Waals surface area (Å²) in [7, 11) is -1.11. The van der Waals surface area contributed by atoms with E-state index in [4.69, 9.17) is 39.5 Å². The van der Waals surface area contributed by atoms with Crippen LogP contribution in [0.25, 0.3) is 0 Å². The highest BCUT2D eigenvalue weighted by Crippen LogP contribution is 2.33. The standard InChI is InChI=1S/C21H24Cl3N3O5S/c1-13(21(29)25-2)26(11-14-5-7-16(23)17(24)9-14)20(28)12-27(33(4,30)31)18-10-15(22)6-8-19(18)32-3/h5-10,13H,11-12H2,1-4H3,(H,25,29)/t13-/m0/s1. The van der Waals surface area contributed by atoms with E-state index < -0.39 is 34.4 Å². The first-order valence-electron chi connectivity index (χ1n) is 9.65. The Kier molecular flexibility index (Phi) is 9.25. The first-order chi connectivity index (χ1) is 15.4. The van der Waals surface area contributed by atoms with Gasteiger partial charge in [0.2, 0.25) is 21.8 Å². The van der Waals surface area contributed by atoms with Gasteiger partial charge in [-0.2, -0.15) is 0 Å². The van der Waals surface area contributed by atoms with Gasteiger partial charge in [0.1, 0.15) is 18.3 Å². The molecule has 2 aromatic rings. The number of methoxy groups -OCH3 is 1. The van der Waals surface area contributed by atoms with Gasteiger partial charge in [0.25, 0.3) is 0 Å². The number of anilines is 1. The summed E-state index contributed by atoms with van der Waals surface area (Å²) in [5, 5.41) is 3.39. The van der Waals surface area contributed by atoms with Crippen molar-refractivity contribution in [2.75, 3.05) is 31.3 Å². The largest absolute Gasteiger partial charge is 0.495 e. The van der Waals surface area contributed by atoms with E-state index in [1.54, 1.807) is 25.1 Å². The van der Waals surface area contributed by atoms with E-state index >= 15 is 0 Å². The summed E-state index contributed by atoms with van der Waals surface area (Å²) in [5.74, 6) is -0.827. The molecule has 0 aliphatic carbocycles. The number of rotatable bonds is 9. The molecule has 2 aromatic carbocycles. The molecule has 0 spiro atoms. The number of carbonyl (C=O) groups is 2. The lowest BCUT2D eigenvalue weighted by Gasteiger charge is -2.31. The third-order valence-electron chi connectivity index (χ3n) is 4.84. The minimum absolute atomic E-state index is 0.00537. The molecule has 8 nitrogen and oxygen atoms in total. The van der Waals surface area contributed by atoms with Gasteiger partial charge in [-0.1, -0.05) is 40.9 Å². The first kappa shape index (κ1) is 27.0. The van der Waals surface area contributed by atoms with Gasteiger partial charge in [-0.15, -0.1) is 0 Å². The van der Waals surface area contributed by atoms with Crippen LogP contribution in [-0.4, -0.2) is 58.1 Å². The van der Waals surface area contributed by atoms with Gasteiger partial charge in [0.05, 0.1) is 29.1 Å². The number of carbonyl (C=O) groups excluding carboxylic acids is 2. The summed E-state index contributed by atoms with van der Waals surface area (Å²) >= 11 is 18.1. The van der Waals surface area contributed by atoms with Crippen LogP contribution in [0.15, 0.2) is 36.4 Å². The Morgan fingerprint density at radius 1 is 1.09 bits per heavy atom. The lowest BCUT2D eigenvalue weighted by Crippen LogP contribution is -2.50. The Morgan fingerprint density at radius 3 is 2.30 bits per heavy atom. The predicted octanol–water partition coefficient (Wildman–Crippen LogP) is 3.58. The minimum Gasteiger partial charge on any atom is -0.495 e. The van der Waals surface area contributed by atoms with Crippen LogP contribution in [0.3, 0.4) is 0 Å². The number of ether oxygens (including phenoxy) is 1. The quantitative estimate of drug-likeness (QED) is 0.528. The molecule has 0 bridgehead atoms. The number of halogens is 3. The second-order valence-electron chi connectivity index (χ2n) is 7.15. The maximum Gasteiger partial charge on any atom is 0.244 e. The molecule has 1 atom stereocenters. The van der Waals surface area contributed by atoms with E-state index in [1.807, 2.05) is 0 Å². The van der Waals surface area contributed by atoms with Gasteiger partial charge in [0, 0.05) is 18.6 Å². The Hall–Kier alpha value is -2.20. The highest BCUT2D eigenvalue weighted by atomic mass is 35.5. The van der Waals surface area contributed by atoms with Crippen molar-refractivity contribution in [2.24, 2.45) is 0 Å². The number of sulfonamides is 1. The van der Waals surface area contributed by atoms with Gasteiger partial charge in [0.15, 0.2) is 0 Å². The number of amides is 2. The molecule has 2 rings (SSSR count). The molecule has 0 heterocycles. The minimum atomic E-state index is -3.92. The number of nitrogens with zero attached hydrogens (tertiary/aromatic N) is 2. The predicted molar refractivity (Wildman–Crippen MR) is 131 cm³/mol. The smallest absolute Gasteiger partial charge is 0.244 e. The molecule has 0 aliphatic rings. The third kappa shape index (κ3) is 6.89. The van der Waals surface area contributed by atoms with Gasteiger partial charge in [-0.3, -0.25) is 13.9 Å². The van der Waals surface area contributed by atoms with Crippen LogP contribution in [0.1, 0.15) is 12.5 Å². The fraction of sp³-hybridized carbons (Fsp3) is 0.333. The highest BCUT2D eigenvalue weighted by molar-refractivity contribution is 7.92. The van der Waals surface area contributed by atoms with Crippen molar-refractivity contribution in [2.45, 2.75) is 19.5 Å². The second-order valence-corrected chi connectivity index (χ2v) is 10.3. The molecule has 0 aromatic heterocycles. The maximum absolute atomic E-state index is 13.4. The lowest BCUT2D eigenvalue weighted by atomic mass is 10.1. The molecule has 0 aliphatic heterocycles. The van der Waals surface area contributed by atoms with E-state index in [2.05, 4.69) is 5.32 Å². The van der Waals surface area contributed by atoms with E-state index in [-0.39, 0.29) is 28.0 Å². The third-order valence-corrected chi connectivity index (χ3v) is 6.94. The zero-order valence-electron chi connectivity index (χ0n) is 18.4. The molecular formula is C21H24Cl3N3O5S. The van der Waals surface area contributed by atoms with Crippen LogP contribution < -0.4 is 14.4 Å². The number of hydrogen-bond donors (Lipinski definition) is 1. The van der Waals surface area contributed by atoms with Crippen molar-refractivity contribution < 1.29 is 22.7 Å². The van der Waals surface area contributed by atoms with Gasteiger partial charge in [-0.25, -0.2) is 8.42 Å². The summed E-state index contributed by atoms with van der Waals surface area (Å²) in [4.78, 5) is 27.0. The van der Waals surface area contributed by atoms with Crippen molar-refractivity contribution in [3.63, 3.8) is 0 Å². The van der Waals surface area contributed by atoms with Crippen LogP contribution >= 0.6 is 34.8 Å². The Morgan fingerprint density at radius 2 is 1.76 bits per heavy atom. The van der Waals surface area contributed by atoms with E-state index in [9.17, 15) is 18.0 Å². The Labute approximate surface area is 208 Å². The fourth-order valence-electron chi connectivity index (χ4n) is 3.08. The zero-order chi connectivity index (χ0) is 24.9. The average Bonchev–Trinajstić information content (AvgIpc) is 2.76. The summed E-state index contributed by atoms with van der Waals surface area (Å²) in [6, 6.07) is 8.34. The van der Waals surface area contributed by atoms with Crippen molar-refractivity contribution in [3.8, 4) is 5.75 Å². The van der Waals surface area contributed by atoms with Crippen molar-refractivity contribution in [1.29, 1.82) is 0 Å².